The summed E-state index contributed by atoms with van der Waals surface area (Å²) in [7, 11) is 0. The standard InChI is InChI=1S/C26H28N4/c1-3-9-22(10-4-1)19-28-15-17-29(18-16-28)21-26-27-24-13-7-8-14-25(24)30(26)20-23-11-5-2-6-12-23/h1-14H,15-21H2. The van der Waals surface area contributed by atoms with Gasteiger partial charge in [0.25, 0.3) is 0 Å². The Morgan fingerprint density at radius 3 is 1.77 bits per heavy atom. The summed E-state index contributed by atoms with van der Waals surface area (Å²) in [6, 6.07) is 30.0. The maximum absolute atomic E-state index is 5.00. The average Bonchev–Trinajstić information content (AvgIpc) is 3.13. The molecule has 152 valence electrons. The minimum atomic E-state index is 0.866. The van der Waals surface area contributed by atoms with Gasteiger partial charge in [-0.1, -0.05) is 72.8 Å². The van der Waals surface area contributed by atoms with E-state index in [-0.39, 0.29) is 0 Å². The van der Waals surface area contributed by atoms with E-state index in [2.05, 4.69) is 99.3 Å². The van der Waals surface area contributed by atoms with E-state index >= 15 is 0 Å². The van der Waals surface area contributed by atoms with Crippen molar-refractivity contribution in [3.05, 3.63) is 102 Å². The number of rotatable bonds is 6. The van der Waals surface area contributed by atoms with E-state index in [0.29, 0.717) is 0 Å². The fourth-order valence-corrected chi connectivity index (χ4v) is 4.34. The van der Waals surface area contributed by atoms with Gasteiger partial charge in [0.2, 0.25) is 0 Å². The molecule has 0 unspecified atom stereocenters. The number of imidazole rings is 1. The summed E-state index contributed by atoms with van der Waals surface area (Å²) >= 11 is 0. The highest BCUT2D eigenvalue weighted by Crippen LogP contribution is 2.20. The molecule has 4 aromatic rings. The largest absolute Gasteiger partial charge is 0.322 e. The number of piperazine rings is 1. The van der Waals surface area contributed by atoms with E-state index in [1.165, 1.54) is 16.6 Å². The molecule has 4 nitrogen and oxygen atoms in total. The molecule has 0 bridgehead atoms. The normalized spacial score (nSPS) is 15.6. The number of para-hydroxylation sites is 2. The van der Waals surface area contributed by atoms with Crippen molar-refractivity contribution >= 4 is 11.0 Å². The van der Waals surface area contributed by atoms with Crippen LogP contribution in [0.2, 0.25) is 0 Å². The van der Waals surface area contributed by atoms with E-state index in [9.17, 15) is 0 Å². The second-order valence-electron chi connectivity index (χ2n) is 8.13. The molecule has 0 spiro atoms. The number of aromatic nitrogens is 2. The molecule has 1 saturated heterocycles. The topological polar surface area (TPSA) is 24.3 Å². The van der Waals surface area contributed by atoms with Gasteiger partial charge >= 0.3 is 0 Å². The first kappa shape index (κ1) is 19.0. The number of fused-ring (bicyclic) bond motifs is 1. The lowest BCUT2D eigenvalue weighted by atomic mass is 10.2. The molecule has 1 fully saturated rings. The monoisotopic (exact) mass is 396 g/mol. The van der Waals surface area contributed by atoms with Crippen LogP contribution < -0.4 is 0 Å². The van der Waals surface area contributed by atoms with Gasteiger partial charge in [0.1, 0.15) is 5.82 Å². The number of hydrogen-bond donors (Lipinski definition) is 0. The van der Waals surface area contributed by atoms with Gasteiger partial charge in [-0.05, 0) is 23.3 Å². The van der Waals surface area contributed by atoms with Crippen LogP contribution in [-0.2, 0) is 19.6 Å². The van der Waals surface area contributed by atoms with E-state index in [0.717, 1.165) is 57.2 Å². The Hall–Kier alpha value is -2.95. The highest BCUT2D eigenvalue weighted by Gasteiger charge is 2.20. The van der Waals surface area contributed by atoms with Gasteiger partial charge in [0.05, 0.1) is 17.6 Å². The van der Waals surface area contributed by atoms with Crippen molar-refractivity contribution < 1.29 is 0 Å². The lowest BCUT2D eigenvalue weighted by Gasteiger charge is -2.34. The van der Waals surface area contributed by atoms with Crippen molar-refractivity contribution in [1.29, 1.82) is 0 Å². The Labute approximate surface area is 178 Å². The molecule has 4 heteroatoms. The Morgan fingerprint density at radius 2 is 1.10 bits per heavy atom. The third kappa shape index (κ3) is 4.30. The second kappa shape index (κ2) is 8.82. The second-order valence-corrected chi connectivity index (χ2v) is 8.13. The molecular formula is C26H28N4. The van der Waals surface area contributed by atoms with Crippen molar-refractivity contribution in [3.63, 3.8) is 0 Å². The summed E-state index contributed by atoms with van der Waals surface area (Å²) in [6.45, 7) is 7.19. The quantitative estimate of drug-likeness (QED) is 0.483. The van der Waals surface area contributed by atoms with Crippen LogP contribution in [0.1, 0.15) is 17.0 Å². The molecule has 2 heterocycles. The van der Waals surface area contributed by atoms with Crippen molar-refractivity contribution in [1.82, 2.24) is 19.4 Å². The molecule has 0 aliphatic carbocycles. The van der Waals surface area contributed by atoms with E-state index < -0.39 is 0 Å². The molecule has 1 aromatic heterocycles. The number of hydrogen-bond acceptors (Lipinski definition) is 3. The van der Waals surface area contributed by atoms with Crippen molar-refractivity contribution in [2.75, 3.05) is 26.2 Å². The molecule has 30 heavy (non-hydrogen) atoms. The fourth-order valence-electron chi connectivity index (χ4n) is 4.34. The smallest absolute Gasteiger partial charge is 0.124 e. The molecule has 0 radical (unpaired) electrons. The third-order valence-electron chi connectivity index (χ3n) is 6.00. The van der Waals surface area contributed by atoms with Crippen LogP contribution in [0.3, 0.4) is 0 Å². The average molecular weight is 397 g/mol. The first-order valence-corrected chi connectivity index (χ1v) is 10.8. The molecule has 0 saturated carbocycles. The predicted molar refractivity (Wildman–Crippen MR) is 122 cm³/mol. The Kier molecular flexibility index (Phi) is 5.60. The summed E-state index contributed by atoms with van der Waals surface area (Å²) in [6.07, 6.45) is 0. The van der Waals surface area contributed by atoms with E-state index in [1.807, 2.05) is 0 Å². The van der Waals surface area contributed by atoms with E-state index in [1.54, 1.807) is 0 Å². The van der Waals surface area contributed by atoms with Crippen LogP contribution in [0.25, 0.3) is 11.0 Å². The molecule has 0 amide bonds. The zero-order valence-electron chi connectivity index (χ0n) is 17.3. The Bertz CT molecular complexity index is 1080. The number of benzene rings is 3. The van der Waals surface area contributed by atoms with Gasteiger partial charge < -0.3 is 4.57 Å². The number of nitrogens with zero attached hydrogens (tertiary/aromatic N) is 4. The minimum Gasteiger partial charge on any atom is -0.322 e. The van der Waals surface area contributed by atoms with Crippen LogP contribution in [0.5, 0.6) is 0 Å². The van der Waals surface area contributed by atoms with E-state index in [4.69, 9.17) is 4.98 Å². The van der Waals surface area contributed by atoms with Gasteiger partial charge in [0.15, 0.2) is 0 Å². The van der Waals surface area contributed by atoms with Crippen LogP contribution in [-0.4, -0.2) is 45.5 Å². The molecular weight excluding hydrogens is 368 g/mol. The lowest BCUT2D eigenvalue weighted by Crippen LogP contribution is -2.45. The zero-order chi connectivity index (χ0) is 20.2. The van der Waals surface area contributed by atoms with Gasteiger partial charge in [0, 0.05) is 39.3 Å². The fraction of sp³-hybridized carbons (Fsp3) is 0.269. The highest BCUT2D eigenvalue weighted by atomic mass is 15.3. The van der Waals surface area contributed by atoms with Crippen LogP contribution in [0.4, 0.5) is 0 Å². The Morgan fingerprint density at radius 1 is 0.567 bits per heavy atom. The van der Waals surface area contributed by atoms with Crippen molar-refractivity contribution in [2.45, 2.75) is 19.6 Å². The van der Waals surface area contributed by atoms with Gasteiger partial charge in [-0.3, -0.25) is 9.80 Å². The molecule has 0 atom stereocenters. The summed E-state index contributed by atoms with van der Waals surface area (Å²) in [5, 5.41) is 0. The highest BCUT2D eigenvalue weighted by molar-refractivity contribution is 5.76. The summed E-state index contributed by atoms with van der Waals surface area (Å²) in [5.74, 6) is 1.16. The van der Waals surface area contributed by atoms with Crippen molar-refractivity contribution in [3.8, 4) is 0 Å². The molecule has 0 N–H and O–H groups in total. The molecule has 1 aliphatic heterocycles. The van der Waals surface area contributed by atoms with Gasteiger partial charge in [-0.15, -0.1) is 0 Å². The van der Waals surface area contributed by atoms with Crippen LogP contribution in [0.15, 0.2) is 84.9 Å². The first-order chi connectivity index (χ1) is 14.8. The Balaban J connectivity index is 1.29. The van der Waals surface area contributed by atoms with Gasteiger partial charge in [-0.25, -0.2) is 4.98 Å². The SMILES string of the molecule is c1ccc(CN2CCN(Cc3nc4ccccc4n3Cc3ccccc3)CC2)cc1. The predicted octanol–water partition coefficient (Wildman–Crippen LogP) is 4.40. The molecule has 1 aliphatic rings. The minimum absolute atomic E-state index is 0.866. The summed E-state index contributed by atoms with van der Waals surface area (Å²) < 4.78 is 2.39. The lowest BCUT2D eigenvalue weighted by molar-refractivity contribution is 0.119. The maximum atomic E-state index is 5.00. The van der Waals surface area contributed by atoms with Crippen LogP contribution in [0, 0.1) is 0 Å². The van der Waals surface area contributed by atoms with Crippen molar-refractivity contribution in [2.24, 2.45) is 0 Å². The first-order valence-electron chi connectivity index (χ1n) is 10.8. The summed E-state index contributed by atoms with van der Waals surface area (Å²) in [4.78, 5) is 10.1. The molecule has 5 rings (SSSR count). The third-order valence-corrected chi connectivity index (χ3v) is 6.00. The summed E-state index contributed by atoms with van der Waals surface area (Å²) in [5.41, 5.74) is 5.02. The molecule has 3 aromatic carbocycles. The zero-order valence-corrected chi connectivity index (χ0v) is 17.3. The maximum Gasteiger partial charge on any atom is 0.124 e. The van der Waals surface area contributed by atoms with Gasteiger partial charge in [-0.2, -0.15) is 0 Å². The van der Waals surface area contributed by atoms with Crippen LogP contribution >= 0.6 is 0 Å².